The van der Waals surface area contributed by atoms with Crippen LogP contribution in [-0.2, 0) is 15.0 Å². The predicted octanol–water partition coefficient (Wildman–Crippen LogP) is 5.47. The van der Waals surface area contributed by atoms with Gasteiger partial charge >= 0.3 is 0 Å². The zero-order chi connectivity index (χ0) is 21.8. The van der Waals surface area contributed by atoms with Gasteiger partial charge in [0.2, 0.25) is 11.8 Å². The van der Waals surface area contributed by atoms with Crippen molar-refractivity contribution in [1.82, 2.24) is 5.32 Å². The molecule has 0 radical (unpaired) electrons. The van der Waals surface area contributed by atoms with Crippen LogP contribution in [0.2, 0.25) is 10.0 Å². The molecule has 2 amide bonds. The molecule has 3 aromatic rings. The Bertz CT molecular complexity index is 1200. The van der Waals surface area contributed by atoms with Crippen LogP contribution in [0.5, 0.6) is 0 Å². The second-order valence-corrected chi connectivity index (χ2v) is 9.06. The van der Waals surface area contributed by atoms with Gasteiger partial charge < -0.3 is 10.6 Å². The van der Waals surface area contributed by atoms with Crippen molar-refractivity contribution in [2.45, 2.75) is 24.3 Å². The number of fused-ring (bicyclic) bond motifs is 2. The summed E-state index contributed by atoms with van der Waals surface area (Å²) in [6, 6.07) is 22.0. The Kier molecular flexibility index (Phi) is 4.80. The Labute approximate surface area is 190 Å². The molecule has 1 spiro atoms. The molecule has 4 unspecified atom stereocenters. The molecule has 0 aliphatic carbocycles. The minimum absolute atomic E-state index is 0.0975. The Hall–Kier alpha value is -2.82. The third-order valence-electron chi connectivity index (χ3n) is 6.54. The van der Waals surface area contributed by atoms with Gasteiger partial charge in [0.05, 0.1) is 6.04 Å². The van der Waals surface area contributed by atoms with Gasteiger partial charge in [0.1, 0.15) is 5.41 Å². The fourth-order valence-corrected chi connectivity index (χ4v) is 5.65. The molecule has 1 fully saturated rings. The highest BCUT2D eigenvalue weighted by Gasteiger charge is 2.63. The van der Waals surface area contributed by atoms with Crippen LogP contribution in [0.3, 0.4) is 0 Å². The maximum Gasteiger partial charge on any atom is 0.238 e. The first-order valence-corrected chi connectivity index (χ1v) is 10.9. The van der Waals surface area contributed by atoms with Crippen molar-refractivity contribution in [1.29, 1.82) is 0 Å². The molecule has 1 saturated heterocycles. The van der Waals surface area contributed by atoms with E-state index in [9.17, 15) is 9.59 Å². The summed E-state index contributed by atoms with van der Waals surface area (Å²) >= 11 is 12.5. The van der Waals surface area contributed by atoms with Gasteiger partial charge in [-0.15, -0.1) is 0 Å². The van der Waals surface area contributed by atoms with Gasteiger partial charge in [-0.2, -0.15) is 0 Å². The van der Waals surface area contributed by atoms with Crippen molar-refractivity contribution in [2.75, 3.05) is 5.32 Å². The molecule has 31 heavy (non-hydrogen) atoms. The van der Waals surface area contributed by atoms with Crippen LogP contribution in [0, 0.1) is 5.92 Å². The van der Waals surface area contributed by atoms with Gasteiger partial charge in [0, 0.05) is 27.6 Å². The molecule has 6 heteroatoms. The molecule has 2 aliphatic heterocycles. The molecule has 0 bridgehead atoms. The van der Waals surface area contributed by atoms with E-state index in [1.54, 1.807) is 18.2 Å². The fourth-order valence-electron chi connectivity index (χ4n) is 5.28. The lowest BCUT2D eigenvalue weighted by molar-refractivity contribution is -0.135. The summed E-state index contributed by atoms with van der Waals surface area (Å²) in [5.74, 6) is -1.06. The largest absolute Gasteiger partial charge is 0.348 e. The maximum atomic E-state index is 13.9. The summed E-state index contributed by atoms with van der Waals surface area (Å²) in [4.78, 5) is 27.0. The molecule has 156 valence electrons. The van der Waals surface area contributed by atoms with E-state index >= 15 is 0 Å². The number of rotatable bonds is 2. The summed E-state index contributed by atoms with van der Waals surface area (Å²) in [6.07, 6.45) is 0. The molecule has 3 aromatic carbocycles. The third kappa shape index (κ3) is 2.97. The first-order chi connectivity index (χ1) is 14.9. The van der Waals surface area contributed by atoms with Crippen molar-refractivity contribution < 1.29 is 9.59 Å². The third-order valence-corrected chi connectivity index (χ3v) is 7.01. The fraction of sp³-hybridized carbons (Fsp3) is 0.200. The Morgan fingerprint density at radius 2 is 1.55 bits per heavy atom. The van der Waals surface area contributed by atoms with Gasteiger partial charge in [0.25, 0.3) is 0 Å². The lowest BCUT2D eigenvalue weighted by Crippen LogP contribution is -2.60. The monoisotopic (exact) mass is 450 g/mol. The van der Waals surface area contributed by atoms with Gasteiger partial charge in [0.15, 0.2) is 0 Å². The number of carbonyl (C=O) groups excluding carboxylic acids is 2. The zero-order valence-corrected chi connectivity index (χ0v) is 18.2. The first kappa shape index (κ1) is 20.1. The highest BCUT2D eigenvalue weighted by molar-refractivity contribution is 6.31. The highest BCUT2D eigenvalue weighted by atomic mass is 35.5. The summed E-state index contributed by atoms with van der Waals surface area (Å²) < 4.78 is 0. The standard InChI is InChI=1S/C25H20Cl2N2O2/c1-14-21(15-6-3-2-4-7-15)25(19-11-10-18(27)13-20(19)28-24(25)31)22(29-23(14)30)16-8-5-9-17(26)12-16/h2-14,21-22H,1H3,(H,28,31)(H,29,30). The number of amides is 2. The topological polar surface area (TPSA) is 58.2 Å². The molecule has 4 atom stereocenters. The number of carbonyl (C=O) groups is 2. The van der Waals surface area contributed by atoms with Crippen molar-refractivity contribution in [3.63, 3.8) is 0 Å². The van der Waals surface area contributed by atoms with E-state index in [0.717, 1.165) is 16.7 Å². The zero-order valence-electron chi connectivity index (χ0n) is 16.7. The van der Waals surface area contributed by atoms with Crippen LogP contribution < -0.4 is 10.6 Å². The number of hydrogen-bond donors (Lipinski definition) is 2. The van der Waals surface area contributed by atoms with Gasteiger partial charge in [-0.05, 0) is 41.0 Å². The van der Waals surface area contributed by atoms with Gasteiger partial charge in [-0.1, -0.05) is 78.7 Å². The molecular formula is C25H20Cl2N2O2. The molecular weight excluding hydrogens is 431 g/mol. The van der Waals surface area contributed by atoms with Crippen molar-refractivity contribution in [3.8, 4) is 0 Å². The van der Waals surface area contributed by atoms with Crippen molar-refractivity contribution in [3.05, 3.63) is 99.5 Å². The van der Waals surface area contributed by atoms with Gasteiger partial charge in [-0.25, -0.2) is 0 Å². The molecule has 0 aromatic heterocycles. The molecule has 2 heterocycles. The van der Waals surface area contributed by atoms with Crippen LogP contribution in [-0.4, -0.2) is 11.8 Å². The lowest BCUT2D eigenvalue weighted by atomic mass is 9.56. The minimum Gasteiger partial charge on any atom is -0.348 e. The van der Waals surface area contributed by atoms with Crippen molar-refractivity contribution in [2.24, 2.45) is 5.92 Å². The summed E-state index contributed by atoms with van der Waals surface area (Å²) in [5.41, 5.74) is 2.17. The SMILES string of the molecule is CC1C(=O)NC(c2cccc(Cl)c2)C2(C(=O)Nc3cc(Cl)ccc32)C1c1ccccc1. The van der Waals surface area contributed by atoms with Crippen LogP contribution >= 0.6 is 23.2 Å². The summed E-state index contributed by atoms with van der Waals surface area (Å²) in [6.45, 7) is 1.88. The lowest BCUT2D eigenvalue weighted by Gasteiger charge is -2.49. The number of anilines is 1. The van der Waals surface area contributed by atoms with E-state index in [4.69, 9.17) is 23.2 Å². The molecule has 4 nitrogen and oxygen atoms in total. The van der Waals surface area contributed by atoms with E-state index in [0.29, 0.717) is 15.7 Å². The second-order valence-electron chi connectivity index (χ2n) is 8.19. The first-order valence-electron chi connectivity index (χ1n) is 10.1. The van der Waals surface area contributed by atoms with E-state index < -0.39 is 17.4 Å². The van der Waals surface area contributed by atoms with Crippen LogP contribution in [0.25, 0.3) is 0 Å². The number of hydrogen-bond acceptors (Lipinski definition) is 2. The van der Waals surface area contributed by atoms with Crippen LogP contribution in [0.4, 0.5) is 5.69 Å². The van der Waals surface area contributed by atoms with Crippen LogP contribution in [0.1, 0.15) is 35.6 Å². The average Bonchev–Trinajstić information content (AvgIpc) is 3.03. The summed E-state index contributed by atoms with van der Waals surface area (Å²) in [7, 11) is 0. The van der Waals surface area contributed by atoms with E-state index in [1.807, 2.05) is 61.5 Å². The summed E-state index contributed by atoms with van der Waals surface area (Å²) in [5, 5.41) is 7.27. The van der Waals surface area contributed by atoms with E-state index in [2.05, 4.69) is 10.6 Å². The maximum absolute atomic E-state index is 13.9. The Morgan fingerprint density at radius 3 is 2.29 bits per heavy atom. The van der Waals surface area contributed by atoms with E-state index in [1.165, 1.54) is 0 Å². The number of benzene rings is 3. The Balaban J connectivity index is 1.84. The number of piperidine rings is 1. The highest BCUT2D eigenvalue weighted by Crippen LogP contribution is 2.58. The number of nitrogens with one attached hydrogen (secondary N) is 2. The Morgan fingerprint density at radius 1 is 0.839 bits per heavy atom. The second kappa shape index (κ2) is 7.40. The molecule has 5 rings (SSSR count). The quantitative estimate of drug-likeness (QED) is 0.543. The molecule has 0 saturated carbocycles. The number of halogens is 2. The van der Waals surface area contributed by atoms with Gasteiger partial charge in [-0.3, -0.25) is 9.59 Å². The average molecular weight is 451 g/mol. The minimum atomic E-state index is -1.06. The normalized spacial score (nSPS) is 27.0. The van der Waals surface area contributed by atoms with E-state index in [-0.39, 0.29) is 17.7 Å². The molecule has 2 N–H and O–H groups in total. The molecule has 2 aliphatic rings. The predicted molar refractivity (Wildman–Crippen MR) is 122 cm³/mol. The smallest absolute Gasteiger partial charge is 0.238 e. The van der Waals surface area contributed by atoms with Crippen molar-refractivity contribution >= 4 is 40.7 Å². The van der Waals surface area contributed by atoms with Crippen LogP contribution in [0.15, 0.2) is 72.8 Å².